The molecule has 2 aromatic rings. The molecule has 0 N–H and O–H groups in total. The van der Waals surface area contributed by atoms with Gasteiger partial charge in [0.2, 0.25) is 0 Å². The van der Waals surface area contributed by atoms with Crippen LogP contribution in [-0.4, -0.2) is 16.1 Å². The van der Waals surface area contributed by atoms with E-state index in [9.17, 15) is 4.79 Å². The summed E-state index contributed by atoms with van der Waals surface area (Å²) in [4.78, 5) is 11.2. The Morgan fingerprint density at radius 3 is 2.37 bits per heavy atom. The van der Waals surface area contributed by atoms with E-state index >= 15 is 0 Å². The Morgan fingerprint density at radius 2 is 1.84 bits per heavy atom. The van der Waals surface area contributed by atoms with Gasteiger partial charge in [-0.2, -0.15) is 5.10 Å². The van der Waals surface area contributed by atoms with Crippen LogP contribution in [0.2, 0.25) is 0 Å². The van der Waals surface area contributed by atoms with Crippen molar-refractivity contribution in [1.29, 1.82) is 0 Å². The van der Waals surface area contributed by atoms with E-state index < -0.39 is 0 Å². The van der Waals surface area contributed by atoms with Crippen LogP contribution in [0.5, 0.6) is 0 Å². The molecule has 3 heteroatoms. The molecule has 0 spiro atoms. The zero-order valence-corrected chi connectivity index (χ0v) is 11.8. The SMILES string of the molecule is CCC(CC)n1cc(C=O)c(-c2ccc(C)cc2)n1. The van der Waals surface area contributed by atoms with Crippen molar-refractivity contribution in [1.82, 2.24) is 9.78 Å². The van der Waals surface area contributed by atoms with Crippen molar-refractivity contribution in [2.45, 2.75) is 39.7 Å². The molecule has 0 unspecified atom stereocenters. The Balaban J connectivity index is 2.45. The monoisotopic (exact) mass is 256 g/mol. The number of carbonyl (C=O) groups is 1. The zero-order chi connectivity index (χ0) is 13.8. The van der Waals surface area contributed by atoms with Crippen LogP contribution in [0.4, 0.5) is 0 Å². The third kappa shape index (κ3) is 2.75. The Morgan fingerprint density at radius 1 is 1.21 bits per heavy atom. The number of aryl methyl sites for hydroxylation is 1. The van der Waals surface area contributed by atoms with Gasteiger partial charge >= 0.3 is 0 Å². The molecule has 1 heterocycles. The molecule has 0 aliphatic carbocycles. The standard InChI is InChI=1S/C16H20N2O/c1-4-15(5-2)18-10-14(11-19)16(17-18)13-8-6-12(3)7-9-13/h6-11,15H,4-5H2,1-3H3. The second kappa shape index (κ2) is 5.83. The molecule has 0 aliphatic heterocycles. The fourth-order valence-corrected chi connectivity index (χ4v) is 2.28. The molecule has 0 fully saturated rings. The average molecular weight is 256 g/mol. The number of nitrogens with zero attached hydrogens (tertiary/aromatic N) is 2. The maximum Gasteiger partial charge on any atom is 0.153 e. The highest BCUT2D eigenvalue weighted by atomic mass is 16.1. The van der Waals surface area contributed by atoms with E-state index in [1.807, 2.05) is 42.1 Å². The highest BCUT2D eigenvalue weighted by molar-refractivity contribution is 5.85. The molecule has 100 valence electrons. The van der Waals surface area contributed by atoms with E-state index in [2.05, 4.69) is 18.9 Å². The van der Waals surface area contributed by atoms with Gasteiger partial charge in [-0.05, 0) is 19.8 Å². The number of carbonyl (C=O) groups excluding carboxylic acids is 1. The van der Waals surface area contributed by atoms with Crippen LogP contribution in [0.3, 0.4) is 0 Å². The highest BCUT2D eigenvalue weighted by Crippen LogP contribution is 2.24. The Kier molecular flexibility index (Phi) is 4.15. The largest absolute Gasteiger partial charge is 0.298 e. The average Bonchev–Trinajstić information content (AvgIpc) is 2.85. The lowest BCUT2D eigenvalue weighted by molar-refractivity contribution is 0.112. The van der Waals surface area contributed by atoms with Crippen molar-refractivity contribution in [3.05, 3.63) is 41.6 Å². The van der Waals surface area contributed by atoms with E-state index in [4.69, 9.17) is 0 Å². The summed E-state index contributed by atoms with van der Waals surface area (Å²) in [5.41, 5.74) is 3.64. The van der Waals surface area contributed by atoms with Gasteiger partial charge in [-0.3, -0.25) is 9.48 Å². The minimum Gasteiger partial charge on any atom is -0.298 e. The minimum absolute atomic E-state index is 0.359. The van der Waals surface area contributed by atoms with Gasteiger partial charge in [-0.15, -0.1) is 0 Å². The first-order chi connectivity index (χ1) is 9.19. The summed E-state index contributed by atoms with van der Waals surface area (Å²) in [5, 5.41) is 4.61. The molecule has 0 saturated carbocycles. The lowest BCUT2D eigenvalue weighted by Crippen LogP contribution is -2.07. The quantitative estimate of drug-likeness (QED) is 0.757. The summed E-state index contributed by atoms with van der Waals surface area (Å²) in [6.07, 6.45) is 4.79. The molecular weight excluding hydrogens is 236 g/mol. The van der Waals surface area contributed by atoms with Crippen molar-refractivity contribution in [2.75, 3.05) is 0 Å². The van der Waals surface area contributed by atoms with Crippen LogP contribution < -0.4 is 0 Å². The van der Waals surface area contributed by atoms with Crippen molar-refractivity contribution >= 4 is 6.29 Å². The maximum atomic E-state index is 11.2. The Bertz CT molecular complexity index is 551. The Hall–Kier alpha value is -1.90. The van der Waals surface area contributed by atoms with Crippen molar-refractivity contribution in [3.63, 3.8) is 0 Å². The number of aldehydes is 1. The fourth-order valence-electron chi connectivity index (χ4n) is 2.28. The van der Waals surface area contributed by atoms with Crippen LogP contribution >= 0.6 is 0 Å². The van der Waals surface area contributed by atoms with Crippen LogP contribution in [0.25, 0.3) is 11.3 Å². The molecule has 1 aromatic carbocycles. The number of hydrogen-bond donors (Lipinski definition) is 0. The molecule has 0 atom stereocenters. The van der Waals surface area contributed by atoms with E-state index in [0.29, 0.717) is 11.6 Å². The van der Waals surface area contributed by atoms with Gasteiger partial charge in [-0.1, -0.05) is 43.7 Å². The first-order valence-electron chi connectivity index (χ1n) is 6.81. The molecule has 0 aliphatic rings. The van der Waals surface area contributed by atoms with Gasteiger partial charge in [0.15, 0.2) is 6.29 Å². The summed E-state index contributed by atoms with van der Waals surface area (Å²) in [6, 6.07) is 8.47. The first kappa shape index (κ1) is 13.5. The number of benzene rings is 1. The number of rotatable bonds is 5. The van der Waals surface area contributed by atoms with E-state index in [-0.39, 0.29) is 0 Å². The lowest BCUT2D eigenvalue weighted by Gasteiger charge is -2.12. The van der Waals surface area contributed by atoms with Crippen LogP contribution in [0.1, 0.15) is 48.7 Å². The normalized spacial score (nSPS) is 10.9. The third-order valence-corrected chi connectivity index (χ3v) is 3.53. The third-order valence-electron chi connectivity index (χ3n) is 3.53. The van der Waals surface area contributed by atoms with E-state index in [1.165, 1.54) is 5.56 Å². The van der Waals surface area contributed by atoms with Crippen molar-refractivity contribution in [3.8, 4) is 11.3 Å². The topological polar surface area (TPSA) is 34.9 Å². The summed E-state index contributed by atoms with van der Waals surface area (Å²) >= 11 is 0. The van der Waals surface area contributed by atoms with Crippen molar-refractivity contribution < 1.29 is 4.79 Å². The Labute approximate surface area is 114 Å². The molecule has 19 heavy (non-hydrogen) atoms. The predicted molar refractivity (Wildman–Crippen MR) is 77.4 cm³/mol. The molecule has 2 rings (SSSR count). The molecule has 0 bridgehead atoms. The van der Waals surface area contributed by atoms with Gasteiger partial charge in [0.25, 0.3) is 0 Å². The smallest absolute Gasteiger partial charge is 0.153 e. The molecule has 0 radical (unpaired) electrons. The van der Waals surface area contributed by atoms with Gasteiger partial charge < -0.3 is 0 Å². The molecule has 0 saturated heterocycles. The predicted octanol–water partition coefficient (Wildman–Crippen LogP) is 4.03. The van der Waals surface area contributed by atoms with Crippen LogP contribution in [0, 0.1) is 6.92 Å². The summed E-state index contributed by atoms with van der Waals surface area (Å²) in [7, 11) is 0. The van der Waals surface area contributed by atoms with E-state index in [1.54, 1.807) is 0 Å². The summed E-state index contributed by atoms with van der Waals surface area (Å²) in [6.45, 7) is 6.33. The number of hydrogen-bond acceptors (Lipinski definition) is 2. The zero-order valence-electron chi connectivity index (χ0n) is 11.8. The minimum atomic E-state index is 0.359. The van der Waals surface area contributed by atoms with E-state index in [0.717, 1.165) is 30.4 Å². The maximum absolute atomic E-state index is 11.2. The second-order valence-corrected chi connectivity index (χ2v) is 4.87. The van der Waals surface area contributed by atoms with Gasteiger partial charge in [0, 0.05) is 11.8 Å². The summed E-state index contributed by atoms with van der Waals surface area (Å²) in [5.74, 6) is 0. The van der Waals surface area contributed by atoms with Gasteiger partial charge in [-0.25, -0.2) is 0 Å². The summed E-state index contributed by atoms with van der Waals surface area (Å²) < 4.78 is 1.93. The van der Waals surface area contributed by atoms with Crippen LogP contribution in [0.15, 0.2) is 30.5 Å². The molecule has 3 nitrogen and oxygen atoms in total. The van der Waals surface area contributed by atoms with Gasteiger partial charge in [0.1, 0.15) is 5.69 Å². The first-order valence-corrected chi connectivity index (χ1v) is 6.81. The number of aromatic nitrogens is 2. The molecule has 1 aromatic heterocycles. The fraction of sp³-hybridized carbons (Fsp3) is 0.375. The lowest BCUT2D eigenvalue weighted by atomic mass is 10.1. The van der Waals surface area contributed by atoms with Crippen LogP contribution in [-0.2, 0) is 0 Å². The van der Waals surface area contributed by atoms with Crippen molar-refractivity contribution in [2.24, 2.45) is 0 Å². The molecule has 0 amide bonds. The molecular formula is C16H20N2O. The van der Waals surface area contributed by atoms with Gasteiger partial charge in [0.05, 0.1) is 11.6 Å². The second-order valence-electron chi connectivity index (χ2n) is 4.87. The highest BCUT2D eigenvalue weighted by Gasteiger charge is 2.14.